The standard InChI is InChI=1S/C19H14Cl2O5/c1-10(19(23)24-2)25-18-15(22)13-8-12(20)9-14(21)17(13)26-16(18)11-6-4-3-5-7-11/h3-10H,1-2H3. The maximum Gasteiger partial charge on any atom is 0.346 e. The van der Waals surface area contributed by atoms with Gasteiger partial charge in [-0.05, 0) is 19.1 Å². The summed E-state index contributed by atoms with van der Waals surface area (Å²) in [7, 11) is 1.24. The van der Waals surface area contributed by atoms with E-state index in [4.69, 9.17) is 32.4 Å². The van der Waals surface area contributed by atoms with Crippen molar-refractivity contribution in [3.8, 4) is 17.1 Å². The number of halogens is 2. The average Bonchev–Trinajstić information content (AvgIpc) is 2.64. The first-order chi connectivity index (χ1) is 12.4. The number of ether oxygens (including phenoxy) is 2. The number of carbonyl (C=O) groups excluding carboxylic acids is 1. The van der Waals surface area contributed by atoms with Crippen LogP contribution in [0.4, 0.5) is 0 Å². The molecule has 26 heavy (non-hydrogen) atoms. The Balaban J connectivity index is 2.30. The highest BCUT2D eigenvalue weighted by Gasteiger charge is 2.24. The van der Waals surface area contributed by atoms with Crippen LogP contribution in [0.25, 0.3) is 22.3 Å². The molecular weight excluding hydrogens is 379 g/mol. The van der Waals surface area contributed by atoms with Crippen LogP contribution in [0.3, 0.4) is 0 Å². The second kappa shape index (κ2) is 7.40. The van der Waals surface area contributed by atoms with Crippen molar-refractivity contribution in [2.75, 3.05) is 7.11 Å². The molecule has 0 radical (unpaired) electrons. The molecule has 1 atom stereocenters. The zero-order valence-electron chi connectivity index (χ0n) is 13.9. The summed E-state index contributed by atoms with van der Waals surface area (Å²) in [6, 6.07) is 11.8. The molecule has 0 saturated heterocycles. The fraction of sp³-hybridized carbons (Fsp3) is 0.158. The van der Waals surface area contributed by atoms with Gasteiger partial charge in [-0.15, -0.1) is 0 Å². The minimum atomic E-state index is -1.00. The lowest BCUT2D eigenvalue weighted by atomic mass is 10.1. The molecule has 1 aromatic heterocycles. The lowest BCUT2D eigenvalue weighted by Crippen LogP contribution is -2.27. The Morgan fingerprint density at radius 1 is 1.15 bits per heavy atom. The number of carbonyl (C=O) groups is 1. The van der Waals surface area contributed by atoms with Gasteiger partial charge in [0.15, 0.2) is 17.4 Å². The van der Waals surface area contributed by atoms with Crippen LogP contribution < -0.4 is 10.2 Å². The van der Waals surface area contributed by atoms with E-state index in [1.54, 1.807) is 24.3 Å². The van der Waals surface area contributed by atoms with Gasteiger partial charge in [-0.3, -0.25) is 4.79 Å². The molecule has 134 valence electrons. The lowest BCUT2D eigenvalue weighted by molar-refractivity contribution is -0.147. The van der Waals surface area contributed by atoms with E-state index in [0.29, 0.717) is 5.56 Å². The molecular formula is C19H14Cl2O5. The Morgan fingerprint density at radius 3 is 2.50 bits per heavy atom. The summed E-state index contributed by atoms with van der Waals surface area (Å²) in [5.41, 5.74) is 0.313. The molecule has 0 bridgehead atoms. The number of hydrogen-bond donors (Lipinski definition) is 0. The molecule has 0 spiro atoms. The predicted octanol–water partition coefficient (Wildman–Crippen LogP) is 4.71. The molecule has 0 aliphatic heterocycles. The van der Waals surface area contributed by atoms with Gasteiger partial charge in [-0.1, -0.05) is 53.5 Å². The molecule has 1 unspecified atom stereocenters. The Hall–Kier alpha value is -2.50. The van der Waals surface area contributed by atoms with Gasteiger partial charge in [0.2, 0.25) is 11.2 Å². The first-order valence-corrected chi connectivity index (χ1v) is 8.43. The fourth-order valence-electron chi connectivity index (χ4n) is 2.48. The summed E-state index contributed by atoms with van der Waals surface area (Å²) in [5, 5.41) is 0.651. The van der Waals surface area contributed by atoms with Gasteiger partial charge >= 0.3 is 5.97 Å². The van der Waals surface area contributed by atoms with Gasteiger partial charge in [-0.2, -0.15) is 0 Å². The van der Waals surface area contributed by atoms with E-state index in [1.165, 1.54) is 26.2 Å². The number of benzene rings is 2. The van der Waals surface area contributed by atoms with Crippen molar-refractivity contribution in [2.24, 2.45) is 0 Å². The van der Waals surface area contributed by atoms with Crippen molar-refractivity contribution in [3.05, 3.63) is 62.7 Å². The Bertz CT molecular complexity index is 1030. The van der Waals surface area contributed by atoms with Crippen LogP contribution in [-0.4, -0.2) is 19.2 Å². The zero-order valence-corrected chi connectivity index (χ0v) is 15.4. The number of hydrogen-bond acceptors (Lipinski definition) is 5. The summed E-state index contributed by atoms with van der Waals surface area (Å²) in [5.74, 6) is -0.560. The van der Waals surface area contributed by atoms with Crippen LogP contribution in [0.5, 0.6) is 5.75 Å². The Morgan fingerprint density at radius 2 is 1.85 bits per heavy atom. The summed E-state index contributed by atoms with van der Waals surface area (Å²) in [4.78, 5) is 24.7. The average molecular weight is 393 g/mol. The maximum absolute atomic E-state index is 13.0. The molecule has 3 rings (SSSR count). The molecule has 0 N–H and O–H groups in total. The first kappa shape index (κ1) is 18.3. The molecule has 3 aromatic rings. The Labute approximate surface area is 159 Å². The molecule has 0 amide bonds. The monoisotopic (exact) mass is 392 g/mol. The van der Waals surface area contributed by atoms with Crippen LogP contribution in [0, 0.1) is 0 Å². The second-order valence-corrected chi connectivity index (χ2v) is 6.35. The van der Waals surface area contributed by atoms with Crippen molar-refractivity contribution >= 4 is 40.1 Å². The highest BCUT2D eigenvalue weighted by Crippen LogP contribution is 2.35. The summed E-state index contributed by atoms with van der Waals surface area (Å²) in [6.07, 6.45) is -1.00. The SMILES string of the molecule is COC(=O)C(C)Oc1c(-c2ccccc2)oc2c(Cl)cc(Cl)cc2c1=O. The van der Waals surface area contributed by atoms with Crippen molar-refractivity contribution in [1.29, 1.82) is 0 Å². The summed E-state index contributed by atoms with van der Waals surface area (Å²) < 4.78 is 16.2. The molecule has 2 aromatic carbocycles. The highest BCUT2D eigenvalue weighted by molar-refractivity contribution is 6.38. The molecule has 1 heterocycles. The van der Waals surface area contributed by atoms with Crippen molar-refractivity contribution in [3.63, 3.8) is 0 Å². The van der Waals surface area contributed by atoms with Gasteiger partial charge in [0.05, 0.1) is 17.5 Å². The van der Waals surface area contributed by atoms with Gasteiger partial charge in [0.25, 0.3) is 0 Å². The van der Waals surface area contributed by atoms with Crippen LogP contribution >= 0.6 is 23.2 Å². The van der Waals surface area contributed by atoms with E-state index >= 15 is 0 Å². The van der Waals surface area contributed by atoms with Crippen LogP contribution in [-0.2, 0) is 9.53 Å². The van der Waals surface area contributed by atoms with Gasteiger partial charge in [-0.25, -0.2) is 4.79 Å². The number of rotatable bonds is 4. The number of esters is 1. The van der Waals surface area contributed by atoms with E-state index in [0.717, 1.165) is 0 Å². The highest BCUT2D eigenvalue weighted by atomic mass is 35.5. The predicted molar refractivity (Wildman–Crippen MR) is 100 cm³/mol. The largest absolute Gasteiger partial charge is 0.471 e. The van der Waals surface area contributed by atoms with Gasteiger partial charge < -0.3 is 13.9 Å². The minimum absolute atomic E-state index is 0.111. The quantitative estimate of drug-likeness (QED) is 0.601. The lowest BCUT2D eigenvalue weighted by Gasteiger charge is -2.15. The van der Waals surface area contributed by atoms with Gasteiger partial charge in [0, 0.05) is 10.6 Å². The second-order valence-electron chi connectivity index (χ2n) is 5.50. The van der Waals surface area contributed by atoms with E-state index in [-0.39, 0.29) is 32.5 Å². The van der Waals surface area contributed by atoms with E-state index in [9.17, 15) is 9.59 Å². The van der Waals surface area contributed by atoms with E-state index < -0.39 is 17.5 Å². The van der Waals surface area contributed by atoms with Crippen molar-refractivity contribution in [1.82, 2.24) is 0 Å². The van der Waals surface area contributed by atoms with Gasteiger partial charge in [0.1, 0.15) is 0 Å². The minimum Gasteiger partial charge on any atom is -0.471 e. The van der Waals surface area contributed by atoms with Crippen molar-refractivity contribution < 1.29 is 18.7 Å². The normalized spacial score (nSPS) is 12.0. The van der Waals surface area contributed by atoms with Crippen LogP contribution in [0.1, 0.15) is 6.92 Å². The van der Waals surface area contributed by atoms with Crippen LogP contribution in [0.15, 0.2) is 51.7 Å². The molecule has 0 aliphatic rings. The molecule has 0 fully saturated rings. The molecule has 0 saturated carbocycles. The molecule has 7 heteroatoms. The summed E-state index contributed by atoms with van der Waals surface area (Å²) in [6.45, 7) is 1.48. The third-order valence-electron chi connectivity index (χ3n) is 3.73. The third-order valence-corrected chi connectivity index (χ3v) is 4.23. The topological polar surface area (TPSA) is 65.7 Å². The third kappa shape index (κ3) is 3.41. The Kier molecular flexibility index (Phi) is 5.20. The van der Waals surface area contributed by atoms with E-state index in [1.807, 2.05) is 6.07 Å². The molecule has 0 aliphatic carbocycles. The smallest absolute Gasteiger partial charge is 0.346 e. The van der Waals surface area contributed by atoms with Crippen molar-refractivity contribution in [2.45, 2.75) is 13.0 Å². The summed E-state index contributed by atoms with van der Waals surface area (Å²) >= 11 is 12.2. The fourth-order valence-corrected chi connectivity index (χ4v) is 3.02. The zero-order chi connectivity index (χ0) is 18.8. The number of fused-ring (bicyclic) bond motifs is 1. The first-order valence-electron chi connectivity index (χ1n) is 7.68. The molecule has 5 nitrogen and oxygen atoms in total. The van der Waals surface area contributed by atoms with E-state index in [2.05, 4.69) is 4.74 Å². The van der Waals surface area contributed by atoms with Crippen LogP contribution in [0.2, 0.25) is 10.0 Å². The number of methoxy groups -OCH3 is 1. The maximum atomic E-state index is 13.0.